The summed E-state index contributed by atoms with van der Waals surface area (Å²) in [5.41, 5.74) is 0.732. The van der Waals surface area contributed by atoms with Gasteiger partial charge in [0.1, 0.15) is 11.6 Å². The molecule has 2 N–H and O–H groups in total. The van der Waals surface area contributed by atoms with Crippen LogP contribution < -0.4 is 14.8 Å². The molecular weight excluding hydrogens is 431 g/mol. The first kappa shape index (κ1) is 21.8. The number of rotatable bonds is 7. The van der Waals surface area contributed by atoms with Crippen LogP contribution in [0.5, 0.6) is 5.75 Å². The van der Waals surface area contributed by atoms with Crippen LogP contribution in [0.3, 0.4) is 0 Å². The largest absolute Gasteiger partial charge is 0.496 e. The molecule has 1 amide bonds. The van der Waals surface area contributed by atoms with Crippen molar-refractivity contribution in [2.45, 2.75) is 11.4 Å². The molecule has 9 heteroatoms. The van der Waals surface area contributed by atoms with Gasteiger partial charge in [-0.15, -0.1) is 0 Å². The van der Waals surface area contributed by atoms with Crippen molar-refractivity contribution < 1.29 is 22.3 Å². The molecule has 0 aromatic heterocycles. The Labute approximate surface area is 178 Å². The molecule has 3 rings (SSSR count). The molecule has 0 saturated carbocycles. The maximum absolute atomic E-state index is 14.5. The number of methoxy groups -OCH3 is 1. The number of anilines is 1. The summed E-state index contributed by atoms with van der Waals surface area (Å²) in [5, 5.41) is 2.77. The zero-order valence-corrected chi connectivity index (χ0v) is 17.4. The van der Waals surface area contributed by atoms with Crippen LogP contribution in [0.25, 0.3) is 0 Å². The topological polar surface area (TPSA) is 84.5 Å². The standard InChI is InChI=1S/C21H18ClFN2O4S/c1-29-20-8-3-2-5-15(20)13-24-30(27,28)17-9-10-19(18(23)12-17)25-21(26)14-6-4-7-16(22)11-14/h2-12,24H,13H2,1H3,(H,25,26). The molecule has 0 aliphatic heterocycles. The van der Waals surface area contributed by atoms with Crippen molar-refractivity contribution in [1.82, 2.24) is 4.72 Å². The zero-order chi connectivity index (χ0) is 21.7. The van der Waals surface area contributed by atoms with E-state index in [1.54, 1.807) is 36.4 Å². The quantitative estimate of drug-likeness (QED) is 0.566. The number of carbonyl (C=O) groups excluding carboxylic acids is 1. The number of carbonyl (C=O) groups is 1. The van der Waals surface area contributed by atoms with Crippen LogP contribution >= 0.6 is 11.6 Å². The van der Waals surface area contributed by atoms with Crippen molar-refractivity contribution in [1.29, 1.82) is 0 Å². The van der Waals surface area contributed by atoms with Crippen molar-refractivity contribution in [3.05, 3.63) is 88.7 Å². The van der Waals surface area contributed by atoms with E-state index >= 15 is 0 Å². The Bertz CT molecular complexity index is 1190. The fourth-order valence-corrected chi connectivity index (χ4v) is 3.90. The summed E-state index contributed by atoms with van der Waals surface area (Å²) in [4.78, 5) is 12.0. The number of benzene rings is 3. The summed E-state index contributed by atoms with van der Waals surface area (Å²) < 4.78 is 47.1. The Hall–Kier alpha value is -2.94. The number of para-hydroxylation sites is 1. The molecule has 0 saturated heterocycles. The second-order valence-corrected chi connectivity index (χ2v) is 8.45. The summed E-state index contributed by atoms with van der Waals surface area (Å²) in [6, 6.07) is 16.4. The van der Waals surface area contributed by atoms with E-state index in [1.807, 2.05) is 0 Å². The highest BCUT2D eigenvalue weighted by atomic mass is 35.5. The first-order valence-corrected chi connectivity index (χ1v) is 10.6. The predicted molar refractivity (Wildman–Crippen MR) is 113 cm³/mol. The Morgan fingerprint density at radius 3 is 2.53 bits per heavy atom. The number of nitrogens with one attached hydrogen (secondary N) is 2. The Morgan fingerprint density at radius 2 is 1.83 bits per heavy atom. The minimum atomic E-state index is -3.98. The lowest BCUT2D eigenvalue weighted by molar-refractivity contribution is 0.102. The third-order valence-corrected chi connectivity index (χ3v) is 5.87. The molecule has 3 aromatic rings. The van der Waals surface area contributed by atoms with E-state index < -0.39 is 21.7 Å². The van der Waals surface area contributed by atoms with Crippen LogP contribution in [0.15, 0.2) is 71.6 Å². The molecule has 0 unspecified atom stereocenters. The van der Waals surface area contributed by atoms with E-state index in [0.29, 0.717) is 16.3 Å². The van der Waals surface area contributed by atoms with E-state index in [0.717, 1.165) is 6.07 Å². The van der Waals surface area contributed by atoms with Crippen molar-refractivity contribution in [3.8, 4) is 5.75 Å². The lowest BCUT2D eigenvalue weighted by Crippen LogP contribution is -2.23. The van der Waals surface area contributed by atoms with Crippen LogP contribution in [0.2, 0.25) is 5.02 Å². The molecule has 0 aliphatic carbocycles. The monoisotopic (exact) mass is 448 g/mol. The molecule has 156 valence electrons. The van der Waals surface area contributed by atoms with Gasteiger partial charge >= 0.3 is 0 Å². The summed E-state index contributed by atoms with van der Waals surface area (Å²) in [7, 11) is -2.50. The predicted octanol–water partition coefficient (Wildman–Crippen LogP) is 4.22. The summed E-state index contributed by atoms with van der Waals surface area (Å²) in [6.07, 6.45) is 0. The molecule has 0 atom stereocenters. The van der Waals surface area contributed by atoms with Crippen molar-refractivity contribution in [3.63, 3.8) is 0 Å². The normalized spacial score (nSPS) is 11.2. The van der Waals surface area contributed by atoms with Crippen LogP contribution in [-0.4, -0.2) is 21.4 Å². The highest BCUT2D eigenvalue weighted by molar-refractivity contribution is 7.89. The maximum atomic E-state index is 14.5. The fraction of sp³-hybridized carbons (Fsp3) is 0.0952. The van der Waals surface area contributed by atoms with Gasteiger partial charge in [0, 0.05) is 22.7 Å². The van der Waals surface area contributed by atoms with Gasteiger partial charge in [-0.1, -0.05) is 35.9 Å². The van der Waals surface area contributed by atoms with Crippen molar-refractivity contribution in [2.24, 2.45) is 0 Å². The second kappa shape index (κ2) is 9.25. The van der Waals surface area contributed by atoms with Gasteiger partial charge in [0.05, 0.1) is 17.7 Å². The third kappa shape index (κ3) is 5.15. The molecule has 30 heavy (non-hydrogen) atoms. The van der Waals surface area contributed by atoms with Crippen LogP contribution in [-0.2, 0) is 16.6 Å². The minimum absolute atomic E-state index is 0.0266. The third-order valence-electron chi connectivity index (χ3n) is 4.23. The molecule has 0 bridgehead atoms. The van der Waals surface area contributed by atoms with E-state index in [-0.39, 0.29) is 22.7 Å². The summed E-state index contributed by atoms with van der Waals surface area (Å²) in [6.45, 7) is -0.0266. The number of halogens is 2. The molecule has 6 nitrogen and oxygen atoms in total. The molecule has 0 spiro atoms. The average molecular weight is 449 g/mol. The second-order valence-electron chi connectivity index (χ2n) is 6.24. The number of ether oxygens (including phenoxy) is 1. The van der Waals surface area contributed by atoms with Crippen molar-refractivity contribution in [2.75, 3.05) is 12.4 Å². The summed E-state index contributed by atoms with van der Waals surface area (Å²) >= 11 is 5.85. The maximum Gasteiger partial charge on any atom is 0.255 e. The van der Waals surface area contributed by atoms with E-state index in [4.69, 9.17) is 16.3 Å². The van der Waals surface area contributed by atoms with Crippen LogP contribution in [0.4, 0.5) is 10.1 Å². The summed E-state index contributed by atoms with van der Waals surface area (Å²) in [5.74, 6) is -0.919. The molecular formula is C21H18ClFN2O4S. The van der Waals surface area contributed by atoms with Gasteiger partial charge in [-0.3, -0.25) is 4.79 Å². The van der Waals surface area contributed by atoms with Crippen LogP contribution in [0.1, 0.15) is 15.9 Å². The SMILES string of the molecule is COc1ccccc1CNS(=O)(=O)c1ccc(NC(=O)c2cccc(Cl)c2)c(F)c1. The Morgan fingerprint density at radius 1 is 1.07 bits per heavy atom. The number of amides is 1. The van der Waals surface area contributed by atoms with Gasteiger partial charge < -0.3 is 10.1 Å². The number of hydrogen-bond acceptors (Lipinski definition) is 4. The molecule has 0 radical (unpaired) electrons. The van der Waals surface area contributed by atoms with Crippen LogP contribution in [0, 0.1) is 5.82 Å². The first-order valence-electron chi connectivity index (χ1n) is 8.78. The minimum Gasteiger partial charge on any atom is -0.496 e. The lowest BCUT2D eigenvalue weighted by Gasteiger charge is -2.11. The van der Waals surface area contributed by atoms with Gasteiger partial charge in [-0.2, -0.15) is 0 Å². The Kier molecular flexibility index (Phi) is 6.71. The van der Waals surface area contributed by atoms with Gasteiger partial charge in [-0.25, -0.2) is 17.5 Å². The molecule has 0 heterocycles. The molecule has 0 aliphatic rings. The van der Waals surface area contributed by atoms with Gasteiger partial charge in [0.25, 0.3) is 5.91 Å². The molecule has 0 fully saturated rings. The number of hydrogen-bond donors (Lipinski definition) is 2. The average Bonchev–Trinajstić information content (AvgIpc) is 2.73. The smallest absolute Gasteiger partial charge is 0.255 e. The first-order chi connectivity index (χ1) is 14.3. The molecule has 3 aromatic carbocycles. The van der Waals surface area contributed by atoms with E-state index in [2.05, 4.69) is 10.0 Å². The zero-order valence-electron chi connectivity index (χ0n) is 15.9. The number of sulfonamides is 1. The fourth-order valence-electron chi connectivity index (χ4n) is 2.69. The van der Waals surface area contributed by atoms with Gasteiger partial charge in [0.15, 0.2) is 0 Å². The van der Waals surface area contributed by atoms with Crippen molar-refractivity contribution >= 4 is 33.2 Å². The van der Waals surface area contributed by atoms with Gasteiger partial charge in [-0.05, 0) is 42.5 Å². The van der Waals surface area contributed by atoms with Gasteiger partial charge in [0.2, 0.25) is 10.0 Å². The highest BCUT2D eigenvalue weighted by Crippen LogP contribution is 2.22. The lowest BCUT2D eigenvalue weighted by atomic mass is 10.2. The highest BCUT2D eigenvalue weighted by Gasteiger charge is 2.18. The van der Waals surface area contributed by atoms with E-state index in [1.165, 1.54) is 31.4 Å². The Balaban J connectivity index is 1.74. The van der Waals surface area contributed by atoms with E-state index in [9.17, 15) is 17.6 Å².